The molecule has 0 saturated carbocycles. The fourth-order valence-corrected chi connectivity index (χ4v) is 1.45. The fraction of sp³-hybridized carbons (Fsp3) is 0.455. The van der Waals surface area contributed by atoms with E-state index in [1.54, 1.807) is 19.1 Å². The second kappa shape index (κ2) is 4.74. The minimum absolute atomic E-state index is 0.0553. The molecule has 0 saturated heterocycles. The van der Waals surface area contributed by atoms with Crippen LogP contribution in [-0.4, -0.2) is 11.3 Å². The van der Waals surface area contributed by atoms with E-state index in [0.717, 1.165) is 5.56 Å². The van der Waals surface area contributed by atoms with Crippen molar-refractivity contribution in [3.05, 3.63) is 29.3 Å². The Hall–Kier alpha value is -1.23. The number of nitrogens with two attached hydrogens (primary N) is 1. The Balaban J connectivity index is 2.73. The van der Waals surface area contributed by atoms with Crippen molar-refractivity contribution in [2.75, 3.05) is 0 Å². The van der Waals surface area contributed by atoms with Crippen molar-refractivity contribution in [2.24, 2.45) is 5.73 Å². The van der Waals surface area contributed by atoms with Gasteiger partial charge in [0.2, 0.25) is 0 Å². The third-order valence-electron chi connectivity index (χ3n) is 2.32. The normalized spacial score (nSPS) is 13.8. The number of rotatable bonds is 3. The molecule has 16 heavy (non-hydrogen) atoms. The third kappa shape index (κ3) is 3.73. The molecule has 0 aliphatic rings. The number of hydrogen-bond donors (Lipinski definition) is 2. The number of benzene rings is 1. The van der Waals surface area contributed by atoms with Crippen LogP contribution in [-0.2, 0) is 0 Å². The topological polar surface area (TPSA) is 46.2 Å². The van der Waals surface area contributed by atoms with Crippen LogP contribution < -0.4 is 5.73 Å². The predicted molar refractivity (Wildman–Crippen MR) is 55.1 cm³/mol. The molecule has 90 valence electrons. The lowest BCUT2D eigenvalue weighted by molar-refractivity contribution is -0.136. The maximum Gasteiger partial charge on any atom is 0.389 e. The molecule has 0 bridgehead atoms. The van der Waals surface area contributed by atoms with Gasteiger partial charge in [0.05, 0.1) is 0 Å². The Morgan fingerprint density at radius 2 is 2.00 bits per heavy atom. The molecule has 0 aromatic heterocycles. The summed E-state index contributed by atoms with van der Waals surface area (Å²) in [5.41, 5.74) is 6.83. The molecule has 0 spiro atoms. The zero-order valence-corrected chi connectivity index (χ0v) is 8.88. The highest BCUT2D eigenvalue weighted by atomic mass is 19.4. The molecule has 0 heterocycles. The smallest absolute Gasteiger partial charge is 0.389 e. The van der Waals surface area contributed by atoms with Gasteiger partial charge in [-0.05, 0) is 19.4 Å². The van der Waals surface area contributed by atoms with Crippen molar-refractivity contribution in [3.8, 4) is 5.75 Å². The van der Waals surface area contributed by atoms with Crippen LogP contribution in [0.25, 0.3) is 0 Å². The predicted octanol–water partition coefficient (Wildman–Crippen LogP) is 3.04. The maximum atomic E-state index is 12.0. The van der Waals surface area contributed by atoms with Gasteiger partial charge < -0.3 is 10.8 Å². The molecule has 2 nitrogen and oxygen atoms in total. The summed E-state index contributed by atoms with van der Waals surface area (Å²) in [6.07, 6.45) is -5.38. The monoisotopic (exact) mass is 233 g/mol. The molecule has 0 amide bonds. The maximum absolute atomic E-state index is 12.0. The van der Waals surface area contributed by atoms with E-state index < -0.39 is 18.6 Å². The third-order valence-corrected chi connectivity index (χ3v) is 2.32. The van der Waals surface area contributed by atoms with E-state index in [9.17, 15) is 18.3 Å². The van der Waals surface area contributed by atoms with Gasteiger partial charge in [0.1, 0.15) is 5.75 Å². The number of phenols is 1. The summed E-state index contributed by atoms with van der Waals surface area (Å²) in [5.74, 6) is -0.0553. The SMILES string of the molecule is Cc1ccc(O)c([C@H](N)CCC(F)(F)F)c1. The van der Waals surface area contributed by atoms with Crippen LogP contribution >= 0.6 is 0 Å². The van der Waals surface area contributed by atoms with Crippen LogP contribution in [0.2, 0.25) is 0 Å². The number of phenolic OH excluding ortho intramolecular Hbond substituents is 1. The van der Waals surface area contributed by atoms with Crippen LogP contribution in [0.1, 0.15) is 30.0 Å². The molecular weight excluding hydrogens is 219 g/mol. The summed E-state index contributed by atoms with van der Waals surface area (Å²) in [5, 5.41) is 9.47. The van der Waals surface area contributed by atoms with Gasteiger partial charge in [0.15, 0.2) is 0 Å². The van der Waals surface area contributed by atoms with E-state index in [0.29, 0.717) is 5.56 Å². The molecule has 0 aliphatic carbocycles. The summed E-state index contributed by atoms with van der Waals surface area (Å²) in [6.45, 7) is 1.79. The second-order valence-corrected chi connectivity index (χ2v) is 3.82. The Kier molecular flexibility index (Phi) is 3.80. The average Bonchev–Trinajstić information content (AvgIpc) is 2.17. The van der Waals surface area contributed by atoms with Gasteiger partial charge in [-0.1, -0.05) is 17.7 Å². The molecule has 1 aromatic carbocycles. The number of aromatic hydroxyl groups is 1. The second-order valence-electron chi connectivity index (χ2n) is 3.82. The van der Waals surface area contributed by atoms with Gasteiger partial charge in [-0.3, -0.25) is 0 Å². The van der Waals surface area contributed by atoms with Gasteiger partial charge >= 0.3 is 6.18 Å². The van der Waals surface area contributed by atoms with Gasteiger partial charge in [0, 0.05) is 18.0 Å². The molecule has 0 radical (unpaired) electrons. The van der Waals surface area contributed by atoms with Crippen molar-refractivity contribution in [1.29, 1.82) is 0 Å². The fourth-order valence-electron chi connectivity index (χ4n) is 1.45. The summed E-state index contributed by atoms with van der Waals surface area (Å²) in [4.78, 5) is 0. The summed E-state index contributed by atoms with van der Waals surface area (Å²) < 4.78 is 36.0. The molecule has 1 rings (SSSR count). The van der Waals surface area contributed by atoms with Crippen molar-refractivity contribution in [3.63, 3.8) is 0 Å². The van der Waals surface area contributed by atoms with E-state index in [2.05, 4.69) is 0 Å². The average molecular weight is 233 g/mol. The zero-order chi connectivity index (χ0) is 12.3. The summed E-state index contributed by atoms with van der Waals surface area (Å²) in [6, 6.07) is 3.94. The summed E-state index contributed by atoms with van der Waals surface area (Å²) >= 11 is 0. The number of aryl methyl sites for hydroxylation is 1. The van der Waals surface area contributed by atoms with Gasteiger partial charge in [-0.15, -0.1) is 0 Å². The van der Waals surface area contributed by atoms with Crippen LogP contribution in [0.3, 0.4) is 0 Å². The molecule has 3 N–H and O–H groups in total. The van der Waals surface area contributed by atoms with Gasteiger partial charge in [0.25, 0.3) is 0 Å². The van der Waals surface area contributed by atoms with Crippen molar-refractivity contribution in [1.82, 2.24) is 0 Å². The van der Waals surface area contributed by atoms with Gasteiger partial charge in [-0.25, -0.2) is 0 Å². The van der Waals surface area contributed by atoms with Crippen molar-refractivity contribution in [2.45, 2.75) is 32.0 Å². The van der Waals surface area contributed by atoms with E-state index in [1.165, 1.54) is 6.07 Å². The van der Waals surface area contributed by atoms with E-state index in [1.807, 2.05) is 0 Å². The first-order valence-electron chi connectivity index (χ1n) is 4.91. The molecule has 1 atom stereocenters. The van der Waals surface area contributed by atoms with Crippen molar-refractivity contribution >= 4 is 0 Å². The first kappa shape index (κ1) is 12.8. The van der Waals surface area contributed by atoms with Crippen molar-refractivity contribution < 1.29 is 18.3 Å². The number of hydrogen-bond acceptors (Lipinski definition) is 2. The first-order valence-corrected chi connectivity index (χ1v) is 4.91. The Morgan fingerprint density at radius 1 is 1.38 bits per heavy atom. The minimum Gasteiger partial charge on any atom is -0.508 e. The highest BCUT2D eigenvalue weighted by Crippen LogP contribution is 2.30. The van der Waals surface area contributed by atoms with Crippen LogP contribution in [0.15, 0.2) is 18.2 Å². The standard InChI is InChI=1S/C11H14F3NO/c1-7-2-3-10(16)8(6-7)9(15)4-5-11(12,13)14/h2-3,6,9,16H,4-5,15H2,1H3/t9-/m1/s1. The highest BCUT2D eigenvalue weighted by molar-refractivity contribution is 5.37. The minimum atomic E-state index is -4.21. The lowest BCUT2D eigenvalue weighted by Gasteiger charge is -2.15. The van der Waals surface area contributed by atoms with E-state index in [4.69, 9.17) is 5.73 Å². The molecular formula is C11H14F3NO. The highest BCUT2D eigenvalue weighted by Gasteiger charge is 2.28. The number of alkyl halides is 3. The molecule has 0 unspecified atom stereocenters. The lowest BCUT2D eigenvalue weighted by Crippen LogP contribution is -2.16. The van der Waals surface area contributed by atoms with Crippen LogP contribution in [0.5, 0.6) is 5.75 Å². The molecule has 1 aromatic rings. The Morgan fingerprint density at radius 3 is 2.56 bits per heavy atom. The lowest BCUT2D eigenvalue weighted by atomic mass is 10.00. The molecule has 0 aliphatic heterocycles. The molecule has 0 fully saturated rings. The summed E-state index contributed by atoms with van der Waals surface area (Å²) in [7, 11) is 0. The number of halogens is 3. The Labute approximate surface area is 91.9 Å². The van der Waals surface area contributed by atoms with Gasteiger partial charge in [-0.2, -0.15) is 13.2 Å². The van der Waals surface area contributed by atoms with Crippen LogP contribution in [0.4, 0.5) is 13.2 Å². The first-order chi connectivity index (χ1) is 7.29. The van der Waals surface area contributed by atoms with E-state index in [-0.39, 0.29) is 12.2 Å². The zero-order valence-electron chi connectivity index (χ0n) is 8.88. The van der Waals surface area contributed by atoms with E-state index >= 15 is 0 Å². The quantitative estimate of drug-likeness (QED) is 0.842. The van der Waals surface area contributed by atoms with Crippen LogP contribution in [0, 0.1) is 6.92 Å². The Bertz CT molecular complexity index is 363. The largest absolute Gasteiger partial charge is 0.508 e. The molecule has 5 heteroatoms.